The first-order valence-electron chi connectivity index (χ1n) is 24.0. The first kappa shape index (κ1) is 47.3. The molecule has 1 aromatic heterocycles. The molecule has 360 valence electrons. The third-order valence-electron chi connectivity index (χ3n) is 13.8. The largest absolute Gasteiger partial charge is 0.368 e. The van der Waals surface area contributed by atoms with Crippen LogP contribution in [0, 0.1) is 11.8 Å². The molecule has 6 N–H and O–H groups in total. The van der Waals surface area contributed by atoms with Crippen LogP contribution in [0.15, 0.2) is 72.9 Å². The molecule has 4 heterocycles. The lowest BCUT2D eigenvalue weighted by atomic mass is 9.88. The minimum absolute atomic E-state index is 0.0182. The van der Waals surface area contributed by atoms with Gasteiger partial charge in [0, 0.05) is 86.8 Å². The summed E-state index contributed by atoms with van der Waals surface area (Å²) in [5.74, 6) is 5.90. The van der Waals surface area contributed by atoms with Gasteiger partial charge in [0.05, 0.1) is 23.6 Å². The van der Waals surface area contributed by atoms with Crippen LogP contribution in [0.4, 0.5) is 33.6 Å². The van der Waals surface area contributed by atoms with Crippen LogP contribution in [0.25, 0.3) is 0 Å². The summed E-state index contributed by atoms with van der Waals surface area (Å²) in [6.07, 6.45) is 10.3. The summed E-state index contributed by atoms with van der Waals surface area (Å²) in [6.45, 7) is 3.42. The van der Waals surface area contributed by atoms with Crippen molar-refractivity contribution in [1.82, 2.24) is 41.0 Å². The number of ether oxygens (including phenoxy) is 1. The highest BCUT2D eigenvalue weighted by Crippen LogP contribution is 2.31. The number of para-hydroxylation sites is 1. The Hall–Kier alpha value is -6.74. The number of rotatable bonds is 12. The Labute approximate surface area is 406 Å². The zero-order chi connectivity index (χ0) is 47.9. The van der Waals surface area contributed by atoms with E-state index in [0.717, 1.165) is 87.0 Å². The normalized spacial score (nSPS) is 22.5. The fraction of sp³-hybridized carbons (Fsp3) is 0.431. The van der Waals surface area contributed by atoms with Crippen molar-refractivity contribution in [1.29, 1.82) is 0 Å². The van der Waals surface area contributed by atoms with Gasteiger partial charge in [0.2, 0.25) is 17.8 Å². The Morgan fingerprint density at radius 3 is 2.32 bits per heavy atom. The van der Waals surface area contributed by atoms with E-state index in [2.05, 4.69) is 58.6 Å². The molecule has 4 fully saturated rings. The van der Waals surface area contributed by atoms with Gasteiger partial charge in [-0.15, -0.1) is 0 Å². The Morgan fingerprint density at radius 2 is 1.58 bits per heavy atom. The van der Waals surface area contributed by atoms with E-state index >= 15 is 0 Å². The molecule has 18 heteroatoms. The Morgan fingerprint density at radius 1 is 0.855 bits per heavy atom. The molecule has 0 radical (unpaired) electrons. The molecule has 2 aliphatic carbocycles. The molecule has 9 rings (SSSR count). The molecule has 6 amide bonds. The minimum atomic E-state index is -0.634. The molecule has 4 aromatic rings. The highest BCUT2D eigenvalue weighted by Gasteiger charge is 2.39. The molecule has 17 nitrogen and oxygen atoms in total. The lowest BCUT2D eigenvalue weighted by molar-refractivity contribution is -0.136. The molecule has 5 aliphatic rings. The molecule has 1 atom stereocenters. The van der Waals surface area contributed by atoms with E-state index < -0.39 is 11.9 Å². The van der Waals surface area contributed by atoms with Crippen molar-refractivity contribution in [3.63, 3.8) is 0 Å². The Kier molecular flexibility index (Phi) is 14.9. The molecule has 0 spiro atoms. The average Bonchev–Trinajstić information content (AvgIpc) is 3.69. The van der Waals surface area contributed by atoms with Gasteiger partial charge in [-0.25, -0.2) is 9.78 Å². The predicted molar refractivity (Wildman–Crippen MR) is 263 cm³/mol. The smallest absolute Gasteiger partial charge is 0.317 e. The van der Waals surface area contributed by atoms with Crippen LogP contribution in [0.2, 0.25) is 5.02 Å². The molecule has 2 saturated heterocycles. The van der Waals surface area contributed by atoms with Gasteiger partial charge >= 0.3 is 6.03 Å². The van der Waals surface area contributed by atoms with Gasteiger partial charge in [-0.05, 0) is 118 Å². The van der Waals surface area contributed by atoms with Crippen molar-refractivity contribution in [2.75, 3.05) is 55.4 Å². The number of imide groups is 1. The number of anilines is 5. The Bertz CT molecular complexity index is 2610. The maximum atomic E-state index is 13.3. The van der Waals surface area contributed by atoms with Gasteiger partial charge in [-0.1, -0.05) is 35.6 Å². The fourth-order valence-electron chi connectivity index (χ4n) is 9.97. The third-order valence-corrected chi connectivity index (χ3v) is 14.1. The summed E-state index contributed by atoms with van der Waals surface area (Å²) >= 11 is 6.42. The number of amides is 6. The van der Waals surface area contributed by atoms with Crippen LogP contribution in [0.1, 0.15) is 96.1 Å². The van der Waals surface area contributed by atoms with Gasteiger partial charge in [0.25, 0.3) is 11.8 Å². The number of hydrogen-bond acceptors (Lipinski definition) is 12. The van der Waals surface area contributed by atoms with Crippen LogP contribution >= 0.6 is 11.6 Å². The summed E-state index contributed by atoms with van der Waals surface area (Å²) in [6, 6.07) is 21.1. The number of carbonyl (C=O) groups is 5. The summed E-state index contributed by atoms with van der Waals surface area (Å²) in [7, 11) is 1.58. The van der Waals surface area contributed by atoms with Crippen molar-refractivity contribution in [2.45, 2.75) is 101 Å². The van der Waals surface area contributed by atoms with Crippen molar-refractivity contribution in [3.05, 3.63) is 100 Å². The van der Waals surface area contributed by atoms with Gasteiger partial charge < -0.3 is 46.0 Å². The molecule has 0 bridgehead atoms. The SMILES string of the molecule is CNC(=O)c1ccccc1Nc1nc(Nc2ccc(N3CCN(C(=O)NC4CCC(NC5CCC(OCC#Cc6ccc7c(c6)CN(C6CCC(=O)NC6=O)C7=O)CC5)CC4)CC3)cc2)ncc1Cl. The predicted octanol–water partition coefficient (Wildman–Crippen LogP) is 5.85. The van der Waals surface area contributed by atoms with Gasteiger partial charge in [0.15, 0.2) is 5.82 Å². The number of urea groups is 1. The quantitative estimate of drug-likeness (QED) is 0.0732. The second-order valence-corrected chi connectivity index (χ2v) is 18.7. The minimum Gasteiger partial charge on any atom is -0.368 e. The summed E-state index contributed by atoms with van der Waals surface area (Å²) in [5, 5.41) is 18.9. The van der Waals surface area contributed by atoms with Crippen molar-refractivity contribution in [2.24, 2.45) is 0 Å². The topological polar surface area (TPSA) is 202 Å². The van der Waals surface area contributed by atoms with E-state index in [9.17, 15) is 24.0 Å². The number of piperidine rings is 1. The average molecular weight is 957 g/mol. The summed E-state index contributed by atoms with van der Waals surface area (Å²) < 4.78 is 6.15. The van der Waals surface area contributed by atoms with Gasteiger partial charge in [0.1, 0.15) is 17.7 Å². The van der Waals surface area contributed by atoms with Gasteiger partial charge in [-0.2, -0.15) is 4.98 Å². The maximum Gasteiger partial charge on any atom is 0.317 e. The molecule has 1 unspecified atom stereocenters. The monoisotopic (exact) mass is 955 g/mol. The zero-order valence-electron chi connectivity index (χ0n) is 38.7. The van der Waals surface area contributed by atoms with Crippen LogP contribution in [-0.4, -0.2) is 120 Å². The number of nitrogens with zero attached hydrogens (tertiary/aromatic N) is 5. The molecular weight excluding hydrogens is 898 g/mol. The number of hydrogen-bond donors (Lipinski definition) is 6. The number of piperazine rings is 1. The molecule has 2 saturated carbocycles. The lowest BCUT2D eigenvalue weighted by Crippen LogP contribution is -2.54. The highest BCUT2D eigenvalue weighted by atomic mass is 35.5. The number of aromatic nitrogens is 2. The van der Waals surface area contributed by atoms with E-state index in [-0.39, 0.29) is 42.3 Å². The molecular formula is C51H58ClN11O6. The van der Waals surface area contributed by atoms with E-state index in [0.29, 0.717) is 78.3 Å². The van der Waals surface area contributed by atoms with Crippen molar-refractivity contribution >= 4 is 70.1 Å². The van der Waals surface area contributed by atoms with E-state index in [1.54, 1.807) is 36.2 Å². The van der Waals surface area contributed by atoms with E-state index in [1.807, 2.05) is 47.4 Å². The van der Waals surface area contributed by atoms with Crippen LogP contribution in [0.5, 0.6) is 0 Å². The summed E-state index contributed by atoms with van der Waals surface area (Å²) in [5.41, 5.74) is 5.12. The molecule has 3 aromatic carbocycles. The second-order valence-electron chi connectivity index (χ2n) is 18.3. The van der Waals surface area contributed by atoms with Crippen molar-refractivity contribution < 1.29 is 28.7 Å². The third kappa shape index (κ3) is 11.6. The number of fused-ring (bicyclic) bond motifs is 1. The zero-order valence-corrected chi connectivity index (χ0v) is 39.4. The van der Waals surface area contributed by atoms with E-state index in [1.165, 1.54) is 6.20 Å². The first-order valence-corrected chi connectivity index (χ1v) is 24.4. The van der Waals surface area contributed by atoms with Gasteiger partial charge in [-0.3, -0.25) is 24.5 Å². The first-order chi connectivity index (χ1) is 33.6. The number of carbonyl (C=O) groups excluding carboxylic acids is 5. The van der Waals surface area contributed by atoms with Crippen LogP contribution in [-0.2, 0) is 20.9 Å². The Balaban J connectivity index is 0.646. The van der Waals surface area contributed by atoms with E-state index in [4.69, 9.17) is 16.3 Å². The van der Waals surface area contributed by atoms with Crippen molar-refractivity contribution in [3.8, 4) is 11.8 Å². The number of halogens is 1. The second kappa shape index (κ2) is 21.7. The highest BCUT2D eigenvalue weighted by molar-refractivity contribution is 6.33. The van der Waals surface area contributed by atoms with Crippen LogP contribution in [0.3, 0.4) is 0 Å². The number of benzene rings is 3. The van der Waals surface area contributed by atoms with Crippen LogP contribution < -0.4 is 36.8 Å². The standard InChI is InChI=1S/C51H58ClN11O6/c1-53-47(65)41-6-2-3-7-43(41)58-46-42(52)30-54-50(60-46)56-36-13-17-38(18-14-36)61-24-26-62(27-25-61)51(68)57-37-11-9-34(10-12-37)55-35-15-19-39(20-16-35)69-28-4-5-32-8-21-40-33(29-32)31-63(49(40)67)44-22-23-45(64)59-48(44)66/h2-3,6-8,13-14,17-18,21,29-30,34-35,37,39,44,55H,9-12,15-16,19-20,22-28,31H2,1H3,(H,53,65)(H,57,68)(H,59,64,66)(H2,54,56,58,60). The molecule has 3 aliphatic heterocycles. The molecule has 69 heavy (non-hydrogen) atoms. The summed E-state index contributed by atoms with van der Waals surface area (Å²) in [4.78, 5) is 77.3. The maximum absolute atomic E-state index is 13.3. The lowest BCUT2D eigenvalue weighted by Gasteiger charge is -2.38. The number of nitrogens with one attached hydrogen (secondary N) is 6. The fourth-order valence-corrected chi connectivity index (χ4v) is 10.1.